The summed E-state index contributed by atoms with van der Waals surface area (Å²) in [4.78, 5) is 13.2. The third-order valence-electron chi connectivity index (χ3n) is 3.05. The molecule has 118 valence electrons. The van der Waals surface area contributed by atoms with Gasteiger partial charge in [-0.2, -0.15) is 11.8 Å². The summed E-state index contributed by atoms with van der Waals surface area (Å²) in [6, 6.07) is 11.4. The first-order valence-electron chi connectivity index (χ1n) is 6.91. The number of thiophene rings is 1. The summed E-state index contributed by atoms with van der Waals surface area (Å²) in [5.41, 5.74) is 0.833. The van der Waals surface area contributed by atoms with E-state index >= 15 is 0 Å². The molecule has 2 aromatic rings. The topological polar surface area (TPSA) is 61.4 Å². The highest BCUT2D eigenvalue weighted by atomic mass is 32.2. The van der Waals surface area contributed by atoms with Crippen LogP contribution in [0.5, 0.6) is 0 Å². The molecule has 0 radical (unpaired) electrons. The Labute approximate surface area is 138 Å². The Hall–Kier alpha value is -1.50. The number of hydrogen-bond acceptors (Lipinski definition) is 4. The van der Waals surface area contributed by atoms with Gasteiger partial charge in [0.2, 0.25) is 0 Å². The number of anilines is 1. The van der Waals surface area contributed by atoms with Crippen molar-refractivity contribution in [2.45, 2.75) is 12.5 Å². The smallest absolute Gasteiger partial charge is 0.319 e. The molecule has 0 aliphatic carbocycles. The highest BCUT2D eigenvalue weighted by Gasteiger charge is 2.20. The van der Waals surface area contributed by atoms with E-state index in [1.54, 1.807) is 30.0 Å². The Morgan fingerprint density at radius 2 is 2.09 bits per heavy atom. The van der Waals surface area contributed by atoms with Gasteiger partial charge in [-0.3, -0.25) is 0 Å². The van der Waals surface area contributed by atoms with Crippen molar-refractivity contribution in [2.75, 3.05) is 23.9 Å². The Morgan fingerprint density at radius 1 is 1.32 bits per heavy atom. The summed E-state index contributed by atoms with van der Waals surface area (Å²) < 4.78 is 0. The number of aliphatic hydroxyl groups is 1. The van der Waals surface area contributed by atoms with Gasteiger partial charge in [0.25, 0.3) is 0 Å². The van der Waals surface area contributed by atoms with Crippen molar-refractivity contribution < 1.29 is 9.90 Å². The molecule has 1 aromatic heterocycles. The molecule has 22 heavy (non-hydrogen) atoms. The minimum absolute atomic E-state index is 0.209. The van der Waals surface area contributed by atoms with Crippen molar-refractivity contribution in [3.05, 3.63) is 41.8 Å². The molecular weight excluding hydrogens is 316 g/mol. The van der Waals surface area contributed by atoms with Crippen molar-refractivity contribution in [3.63, 3.8) is 0 Å². The van der Waals surface area contributed by atoms with Gasteiger partial charge in [0.15, 0.2) is 0 Å². The van der Waals surface area contributed by atoms with E-state index in [2.05, 4.69) is 10.6 Å². The first-order chi connectivity index (χ1) is 10.5. The van der Waals surface area contributed by atoms with Crippen LogP contribution in [-0.4, -0.2) is 35.3 Å². The summed E-state index contributed by atoms with van der Waals surface area (Å²) >= 11 is 3.17. The molecule has 0 aliphatic rings. The number of carbonyl (C=O) groups is 1. The first kappa shape index (κ1) is 16.9. The fourth-order valence-corrected chi connectivity index (χ4v) is 3.53. The number of amides is 2. The summed E-state index contributed by atoms with van der Waals surface area (Å²) in [6.45, 7) is 1.92. The van der Waals surface area contributed by atoms with Gasteiger partial charge in [-0.15, -0.1) is 11.3 Å². The van der Waals surface area contributed by atoms with Crippen molar-refractivity contribution in [2.24, 2.45) is 0 Å². The number of nitrogens with one attached hydrogen (secondary N) is 2. The summed E-state index contributed by atoms with van der Waals surface area (Å²) in [6.07, 6.45) is 1.92. The number of urea groups is 1. The van der Waals surface area contributed by atoms with Crippen LogP contribution in [0.2, 0.25) is 0 Å². The van der Waals surface area contributed by atoms with E-state index in [-0.39, 0.29) is 12.6 Å². The van der Waals surface area contributed by atoms with Gasteiger partial charge in [0.05, 0.1) is 11.3 Å². The maximum Gasteiger partial charge on any atom is 0.319 e. The van der Waals surface area contributed by atoms with E-state index in [4.69, 9.17) is 0 Å². The van der Waals surface area contributed by atoms with E-state index in [1.807, 2.05) is 48.0 Å². The highest BCUT2D eigenvalue weighted by molar-refractivity contribution is 7.98. The summed E-state index contributed by atoms with van der Waals surface area (Å²) in [5.74, 6) is 0.569. The van der Waals surface area contributed by atoms with Crippen LogP contribution in [0.1, 0.15) is 6.92 Å². The van der Waals surface area contributed by atoms with Crippen LogP contribution < -0.4 is 10.6 Å². The average Bonchev–Trinajstić information content (AvgIpc) is 3.00. The van der Waals surface area contributed by atoms with Crippen LogP contribution in [0.3, 0.4) is 0 Å². The Balaban J connectivity index is 2.01. The zero-order valence-electron chi connectivity index (χ0n) is 12.6. The monoisotopic (exact) mass is 336 g/mol. The lowest BCUT2D eigenvalue weighted by molar-refractivity contribution is 0.0876. The van der Waals surface area contributed by atoms with E-state index in [1.165, 1.54) is 0 Å². The highest BCUT2D eigenvalue weighted by Crippen LogP contribution is 2.31. The SMILES string of the molecule is CSCC(C)(O)CNC(=O)Nc1ccccc1-c1cccs1. The maximum atomic E-state index is 12.0. The Morgan fingerprint density at radius 3 is 2.77 bits per heavy atom. The molecule has 1 heterocycles. The van der Waals surface area contributed by atoms with Crippen molar-refractivity contribution in [1.82, 2.24) is 5.32 Å². The van der Waals surface area contributed by atoms with Gasteiger partial charge >= 0.3 is 6.03 Å². The van der Waals surface area contributed by atoms with Crippen LogP contribution in [0.15, 0.2) is 41.8 Å². The van der Waals surface area contributed by atoms with Gasteiger partial charge in [-0.25, -0.2) is 4.79 Å². The Bertz CT molecular complexity index is 612. The average molecular weight is 336 g/mol. The van der Waals surface area contributed by atoms with E-state index in [0.717, 1.165) is 16.1 Å². The van der Waals surface area contributed by atoms with Crippen molar-refractivity contribution in [3.8, 4) is 10.4 Å². The molecule has 4 nitrogen and oxygen atoms in total. The molecule has 3 N–H and O–H groups in total. The first-order valence-corrected chi connectivity index (χ1v) is 9.18. The van der Waals surface area contributed by atoms with E-state index in [0.29, 0.717) is 5.75 Å². The molecule has 0 saturated carbocycles. The zero-order valence-corrected chi connectivity index (χ0v) is 14.3. The second kappa shape index (κ2) is 7.67. The third-order valence-corrected chi connectivity index (χ3v) is 4.86. The number of thioether (sulfide) groups is 1. The number of carbonyl (C=O) groups excluding carboxylic acids is 1. The van der Waals surface area contributed by atoms with E-state index in [9.17, 15) is 9.90 Å². The fraction of sp³-hybridized carbons (Fsp3) is 0.312. The maximum absolute atomic E-state index is 12.0. The zero-order chi connectivity index (χ0) is 16.0. The number of rotatable bonds is 6. The standard InChI is InChI=1S/C16H20N2O2S2/c1-16(20,11-21-2)10-17-15(19)18-13-7-4-3-6-12(13)14-8-5-9-22-14/h3-9,20H,10-11H2,1-2H3,(H2,17,18,19). The summed E-state index contributed by atoms with van der Waals surface area (Å²) in [7, 11) is 0. The van der Waals surface area contributed by atoms with Gasteiger partial charge in [-0.05, 0) is 30.7 Å². The lowest BCUT2D eigenvalue weighted by atomic mass is 10.1. The largest absolute Gasteiger partial charge is 0.387 e. The van der Waals surface area contributed by atoms with Crippen LogP contribution in [0, 0.1) is 0 Å². The molecule has 6 heteroatoms. The molecular formula is C16H20N2O2S2. The lowest BCUT2D eigenvalue weighted by Crippen LogP contribution is -2.43. The predicted octanol–water partition coefficient (Wildman–Crippen LogP) is 3.65. The molecule has 0 aliphatic heterocycles. The molecule has 0 fully saturated rings. The molecule has 0 bridgehead atoms. The summed E-state index contributed by atoms with van der Waals surface area (Å²) in [5, 5.41) is 17.6. The Kier molecular flexibility index (Phi) is 5.88. The van der Waals surface area contributed by atoms with Gasteiger partial charge in [0, 0.05) is 22.7 Å². The lowest BCUT2D eigenvalue weighted by Gasteiger charge is -2.22. The van der Waals surface area contributed by atoms with Gasteiger partial charge in [0.1, 0.15) is 0 Å². The van der Waals surface area contributed by atoms with Crippen molar-refractivity contribution >= 4 is 34.8 Å². The van der Waals surface area contributed by atoms with Crippen LogP contribution in [0.25, 0.3) is 10.4 Å². The molecule has 0 saturated heterocycles. The third kappa shape index (κ3) is 4.76. The number of hydrogen-bond donors (Lipinski definition) is 3. The van der Waals surface area contributed by atoms with Crippen LogP contribution >= 0.6 is 23.1 Å². The number of para-hydroxylation sites is 1. The van der Waals surface area contributed by atoms with Crippen LogP contribution in [-0.2, 0) is 0 Å². The minimum Gasteiger partial charge on any atom is -0.387 e. The molecule has 2 amide bonds. The van der Waals surface area contributed by atoms with Crippen LogP contribution in [0.4, 0.5) is 10.5 Å². The van der Waals surface area contributed by atoms with Crippen molar-refractivity contribution in [1.29, 1.82) is 0 Å². The normalized spacial score (nSPS) is 13.4. The quantitative estimate of drug-likeness (QED) is 0.754. The van der Waals surface area contributed by atoms with Gasteiger partial charge in [-0.1, -0.05) is 24.3 Å². The minimum atomic E-state index is -0.913. The predicted molar refractivity (Wildman–Crippen MR) is 95.8 cm³/mol. The molecule has 0 spiro atoms. The number of benzene rings is 1. The molecule has 1 atom stereocenters. The molecule has 1 unspecified atom stereocenters. The fourth-order valence-electron chi connectivity index (χ4n) is 2.04. The van der Waals surface area contributed by atoms with Gasteiger partial charge < -0.3 is 15.7 Å². The molecule has 1 aromatic carbocycles. The molecule has 2 rings (SSSR count). The second-order valence-corrected chi connectivity index (χ2v) is 7.07. The van der Waals surface area contributed by atoms with E-state index < -0.39 is 5.60 Å². The second-order valence-electron chi connectivity index (χ2n) is 5.26.